The van der Waals surface area contributed by atoms with Crippen LogP contribution in [-0.4, -0.2) is 24.6 Å². The van der Waals surface area contributed by atoms with Crippen LogP contribution in [0.3, 0.4) is 0 Å². The van der Waals surface area contributed by atoms with Gasteiger partial charge in [-0.25, -0.2) is 9.59 Å². The van der Waals surface area contributed by atoms with Gasteiger partial charge < -0.3 is 20.5 Å². The van der Waals surface area contributed by atoms with Gasteiger partial charge in [0.1, 0.15) is 18.4 Å². The van der Waals surface area contributed by atoms with Crippen molar-refractivity contribution in [3.8, 4) is 5.75 Å². The Morgan fingerprint density at radius 2 is 1.63 bits per heavy atom. The summed E-state index contributed by atoms with van der Waals surface area (Å²) in [5, 5.41) is 4.44. The second-order valence-corrected chi connectivity index (χ2v) is 6.94. The Kier molecular flexibility index (Phi) is 7.80. The predicted molar refractivity (Wildman–Crippen MR) is 116 cm³/mol. The van der Waals surface area contributed by atoms with Gasteiger partial charge >= 0.3 is 12.1 Å². The third-order valence-electron chi connectivity index (χ3n) is 4.70. The molecule has 0 saturated heterocycles. The number of hydrogen-bond acceptors (Lipinski definition) is 5. The van der Waals surface area contributed by atoms with Crippen molar-refractivity contribution >= 4 is 22.8 Å². The number of esters is 1. The maximum Gasteiger partial charge on any atom is 0.408 e. The quantitative estimate of drug-likeness (QED) is 0.316. The number of amides is 1. The topological polar surface area (TPSA) is 90.6 Å². The molecule has 3 aromatic rings. The fourth-order valence-electron chi connectivity index (χ4n) is 3.11. The summed E-state index contributed by atoms with van der Waals surface area (Å²) in [7, 11) is 0. The third kappa shape index (κ3) is 6.06. The van der Waals surface area contributed by atoms with Crippen molar-refractivity contribution < 1.29 is 19.1 Å². The highest BCUT2D eigenvalue weighted by Crippen LogP contribution is 2.25. The van der Waals surface area contributed by atoms with Crippen LogP contribution >= 0.6 is 0 Å². The fraction of sp³-hybridized carbons (Fsp3) is 0.250. The average Bonchev–Trinajstić information content (AvgIpc) is 2.78. The van der Waals surface area contributed by atoms with Crippen LogP contribution in [-0.2, 0) is 16.1 Å². The van der Waals surface area contributed by atoms with Crippen molar-refractivity contribution in [1.82, 2.24) is 5.32 Å². The lowest BCUT2D eigenvalue weighted by Crippen LogP contribution is -2.43. The zero-order valence-electron chi connectivity index (χ0n) is 16.8. The van der Waals surface area contributed by atoms with Crippen LogP contribution in [0.1, 0.15) is 24.8 Å². The van der Waals surface area contributed by atoms with Crippen LogP contribution < -0.4 is 15.8 Å². The molecular formula is C24H26N2O4. The number of hydrogen-bond donors (Lipinski definition) is 2. The van der Waals surface area contributed by atoms with Crippen molar-refractivity contribution in [3.63, 3.8) is 0 Å². The lowest BCUT2D eigenvalue weighted by atomic mass is 10.1. The molecule has 0 aromatic heterocycles. The number of carbonyl (C=O) groups excluding carboxylic acids is 2. The summed E-state index contributed by atoms with van der Waals surface area (Å²) in [6.45, 7) is 0.643. The number of ether oxygens (including phenoxy) is 2. The minimum atomic E-state index is -0.821. The van der Waals surface area contributed by atoms with E-state index in [4.69, 9.17) is 15.2 Å². The molecule has 0 heterocycles. The van der Waals surface area contributed by atoms with Gasteiger partial charge in [-0.15, -0.1) is 0 Å². The first kappa shape index (κ1) is 21.3. The summed E-state index contributed by atoms with van der Waals surface area (Å²) >= 11 is 0. The molecule has 0 unspecified atom stereocenters. The Morgan fingerprint density at radius 1 is 0.900 bits per heavy atom. The van der Waals surface area contributed by atoms with E-state index in [1.807, 2.05) is 66.7 Å². The molecule has 156 valence electrons. The summed E-state index contributed by atoms with van der Waals surface area (Å²) < 4.78 is 10.9. The Balaban J connectivity index is 1.65. The number of alkyl carbamates (subject to hydrolysis) is 1. The molecule has 1 atom stereocenters. The molecule has 6 nitrogen and oxygen atoms in total. The first-order chi connectivity index (χ1) is 14.7. The van der Waals surface area contributed by atoms with E-state index >= 15 is 0 Å². The van der Waals surface area contributed by atoms with Crippen molar-refractivity contribution in [2.45, 2.75) is 31.9 Å². The maximum atomic E-state index is 12.8. The van der Waals surface area contributed by atoms with Crippen molar-refractivity contribution in [1.29, 1.82) is 0 Å². The molecule has 30 heavy (non-hydrogen) atoms. The molecular weight excluding hydrogens is 380 g/mol. The van der Waals surface area contributed by atoms with Gasteiger partial charge in [-0.3, -0.25) is 0 Å². The SMILES string of the molecule is NCCCC[C@H](NC(=O)OCc1ccccc1)C(=O)Oc1cccc2ccccc12. The molecule has 6 heteroatoms. The third-order valence-corrected chi connectivity index (χ3v) is 4.70. The smallest absolute Gasteiger partial charge is 0.408 e. The molecule has 0 aliphatic rings. The van der Waals surface area contributed by atoms with E-state index in [9.17, 15) is 9.59 Å². The van der Waals surface area contributed by atoms with E-state index in [0.29, 0.717) is 25.1 Å². The van der Waals surface area contributed by atoms with E-state index in [1.165, 1.54) is 0 Å². The Morgan fingerprint density at radius 3 is 2.43 bits per heavy atom. The molecule has 0 bridgehead atoms. The Hall–Kier alpha value is -3.38. The van der Waals surface area contributed by atoms with E-state index in [-0.39, 0.29) is 6.61 Å². The Bertz CT molecular complexity index is 970. The number of benzene rings is 3. The molecule has 1 amide bonds. The van der Waals surface area contributed by atoms with Gasteiger partial charge in [0.2, 0.25) is 0 Å². The monoisotopic (exact) mass is 406 g/mol. The van der Waals surface area contributed by atoms with E-state index in [0.717, 1.165) is 22.8 Å². The highest BCUT2D eigenvalue weighted by molar-refractivity contribution is 5.91. The van der Waals surface area contributed by atoms with Crippen LogP contribution in [0.15, 0.2) is 72.8 Å². The number of fused-ring (bicyclic) bond motifs is 1. The van der Waals surface area contributed by atoms with Gasteiger partial charge in [0, 0.05) is 5.39 Å². The molecule has 3 rings (SSSR count). The second-order valence-electron chi connectivity index (χ2n) is 6.94. The minimum absolute atomic E-state index is 0.126. The van der Waals surface area contributed by atoms with Crippen LogP contribution in [0.25, 0.3) is 10.8 Å². The summed E-state index contributed by atoms with van der Waals surface area (Å²) in [6, 6.07) is 21.7. The van der Waals surface area contributed by atoms with Gasteiger partial charge in [-0.05, 0) is 42.8 Å². The number of nitrogens with two attached hydrogens (primary N) is 1. The molecule has 3 aromatic carbocycles. The fourth-order valence-corrected chi connectivity index (χ4v) is 3.11. The van der Waals surface area contributed by atoms with E-state index < -0.39 is 18.1 Å². The van der Waals surface area contributed by atoms with E-state index in [1.54, 1.807) is 6.07 Å². The van der Waals surface area contributed by atoms with Gasteiger partial charge in [-0.1, -0.05) is 66.7 Å². The molecule has 0 spiro atoms. The first-order valence-corrected chi connectivity index (χ1v) is 10.0. The van der Waals surface area contributed by atoms with Gasteiger partial charge in [0.15, 0.2) is 0 Å². The van der Waals surface area contributed by atoms with Gasteiger partial charge in [0.05, 0.1) is 0 Å². The summed E-state index contributed by atoms with van der Waals surface area (Å²) in [5.74, 6) is -0.0681. The largest absolute Gasteiger partial charge is 0.445 e. The molecule has 0 aliphatic heterocycles. The maximum absolute atomic E-state index is 12.8. The average molecular weight is 406 g/mol. The standard InChI is InChI=1S/C24H26N2O4/c25-16-7-6-14-21(26-24(28)29-17-18-9-2-1-3-10-18)23(27)30-22-15-8-12-19-11-4-5-13-20(19)22/h1-5,8-13,15,21H,6-7,14,16-17,25H2,(H,26,28)/t21-/m0/s1. The molecule has 3 N–H and O–H groups in total. The minimum Gasteiger partial charge on any atom is -0.445 e. The van der Waals surface area contributed by atoms with Gasteiger partial charge in [-0.2, -0.15) is 0 Å². The lowest BCUT2D eigenvalue weighted by Gasteiger charge is -2.18. The number of rotatable bonds is 9. The van der Waals surface area contributed by atoms with Crippen LogP contribution in [0.5, 0.6) is 5.75 Å². The summed E-state index contributed by atoms with van der Waals surface area (Å²) in [5.41, 5.74) is 6.43. The van der Waals surface area contributed by atoms with Crippen molar-refractivity contribution in [2.75, 3.05) is 6.54 Å². The molecule has 0 saturated carbocycles. The zero-order valence-corrected chi connectivity index (χ0v) is 16.8. The number of carbonyl (C=O) groups is 2. The molecule has 0 fully saturated rings. The van der Waals surface area contributed by atoms with Crippen molar-refractivity contribution in [3.05, 3.63) is 78.4 Å². The number of nitrogens with one attached hydrogen (secondary N) is 1. The van der Waals surface area contributed by atoms with Crippen LogP contribution in [0, 0.1) is 0 Å². The predicted octanol–water partition coefficient (Wildman–Crippen LogP) is 4.17. The highest BCUT2D eigenvalue weighted by atomic mass is 16.6. The van der Waals surface area contributed by atoms with Crippen LogP contribution in [0.2, 0.25) is 0 Å². The Labute approximate surface area is 176 Å². The zero-order chi connectivity index (χ0) is 21.2. The molecule has 0 aliphatic carbocycles. The summed E-state index contributed by atoms with van der Waals surface area (Å²) in [4.78, 5) is 25.1. The summed E-state index contributed by atoms with van der Waals surface area (Å²) in [6.07, 6.45) is 1.19. The first-order valence-electron chi connectivity index (χ1n) is 10.0. The second kappa shape index (κ2) is 11.0. The van der Waals surface area contributed by atoms with Gasteiger partial charge in [0.25, 0.3) is 0 Å². The van der Waals surface area contributed by atoms with Crippen molar-refractivity contribution in [2.24, 2.45) is 5.73 Å². The van der Waals surface area contributed by atoms with E-state index in [2.05, 4.69) is 5.32 Å². The number of unbranched alkanes of at least 4 members (excludes halogenated alkanes) is 1. The molecule has 0 radical (unpaired) electrons. The normalized spacial score (nSPS) is 11.6. The van der Waals surface area contributed by atoms with Crippen LogP contribution in [0.4, 0.5) is 4.79 Å². The lowest BCUT2D eigenvalue weighted by molar-refractivity contribution is -0.136. The highest BCUT2D eigenvalue weighted by Gasteiger charge is 2.24.